The molecule has 0 bridgehead atoms. The van der Waals surface area contributed by atoms with Crippen molar-refractivity contribution in [1.29, 1.82) is 0 Å². The first-order chi connectivity index (χ1) is 10.2. The first-order valence-electron chi connectivity index (χ1n) is 7.26. The van der Waals surface area contributed by atoms with Crippen LogP contribution in [0, 0.1) is 6.92 Å². The van der Waals surface area contributed by atoms with Gasteiger partial charge in [0.15, 0.2) is 6.20 Å². The molecule has 2 nitrogen and oxygen atoms in total. The lowest BCUT2D eigenvalue weighted by atomic mass is 10.0. The molecule has 1 aliphatic rings. The molecule has 0 saturated heterocycles. The third-order valence-corrected chi connectivity index (χ3v) is 4.36. The van der Waals surface area contributed by atoms with Crippen molar-refractivity contribution < 1.29 is 4.57 Å². The van der Waals surface area contributed by atoms with Crippen molar-refractivity contribution in [2.45, 2.75) is 13.3 Å². The standard InChI is InChI=1S/C19H17N2/c1-13-5-3-4-6-16(13)19-10-17-15(12-21(19)2)9-14-7-8-20-11-18(14)17/h3-8,10-12H,9H2,1-2H3/q+1. The van der Waals surface area contributed by atoms with E-state index in [2.05, 4.69) is 66.1 Å². The number of hydrogen-bond acceptors (Lipinski definition) is 1. The highest BCUT2D eigenvalue weighted by Gasteiger charge is 2.24. The molecule has 0 amide bonds. The Morgan fingerprint density at radius 2 is 1.86 bits per heavy atom. The molecule has 0 fully saturated rings. The molecule has 0 radical (unpaired) electrons. The summed E-state index contributed by atoms with van der Waals surface area (Å²) >= 11 is 0. The second-order valence-corrected chi connectivity index (χ2v) is 5.73. The third-order valence-electron chi connectivity index (χ3n) is 4.36. The lowest BCUT2D eigenvalue weighted by Gasteiger charge is -2.07. The number of nitrogens with zero attached hydrogens (tertiary/aromatic N) is 2. The van der Waals surface area contributed by atoms with Crippen molar-refractivity contribution in [3.8, 4) is 22.4 Å². The highest BCUT2D eigenvalue weighted by atomic mass is 14.9. The molecule has 1 aliphatic carbocycles. The Hall–Kier alpha value is -2.48. The lowest BCUT2D eigenvalue weighted by molar-refractivity contribution is -0.660. The van der Waals surface area contributed by atoms with Gasteiger partial charge in [-0.25, -0.2) is 4.57 Å². The summed E-state index contributed by atoms with van der Waals surface area (Å²) < 4.78 is 2.24. The number of fused-ring (bicyclic) bond motifs is 3. The van der Waals surface area contributed by atoms with Crippen molar-refractivity contribution in [2.75, 3.05) is 0 Å². The average molecular weight is 273 g/mol. The molecule has 0 unspecified atom stereocenters. The Morgan fingerprint density at radius 1 is 1.00 bits per heavy atom. The van der Waals surface area contributed by atoms with Crippen LogP contribution in [0.25, 0.3) is 22.4 Å². The fourth-order valence-corrected chi connectivity index (χ4v) is 3.25. The van der Waals surface area contributed by atoms with E-state index in [9.17, 15) is 0 Å². The van der Waals surface area contributed by atoms with Crippen molar-refractivity contribution in [3.63, 3.8) is 0 Å². The Balaban J connectivity index is 1.96. The summed E-state index contributed by atoms with van der Waals surface area (Å²) in [5, 5.41) is 0. The molecule has 21 heavy (non-hydrogen) atoms. The third kappa shape index (κ3) is 1.87. The fourth-order valence-electron chi connectivity index (χ4n) is 3.25. The predicted molar refractivity (Wildman–Crippen MR) is 83.8 cm³/mol. The van der Waals surface area contributed by atoms with Gasteiger partial charge >= 0.3 is 0 Å². The van der Waals surface area contributed by atoms with Crippen LogP contribution >= 0.6 is 0 Å². The first-order valence-corrected chi connectivity index (χ1v) is 7.26. The molecule has 2 heterocycles. The molecule has 0 N–H and O–H groups in total. The molecule has 0 aliphatic heterocycles. The van der Waals surface area contributed by atoms with Crippen molar-refractivity contribution >= 4 is 0 Å². The fraction of sp³-hybridized carbons (Fsp3) is 0.158. The zero-order valence-corrected chi connectivity index (χ0v) is 12.3. The quantitative estimate of drug-likeness (QED) is 0.485. The molecule has 0 atom stereocenters. The van der Waals surface area contributed by atoms with E-state index in [1.165, 1.54) is 39.1 Å². The summed E-state index contributed by atoms with van der Waals surface area (Å²) in [7, 11) is 2.13. The summed E-state index contributed by atoms with van der Waals surface area (Å²) in [5.41, 5.74) is 9.22. The van der Waals surface area contributed by atoms with E-state index in [-0.39, 0.29) is 0 Å². The van der Waals surface area contributed by atoms with Gasteiger partial charge in [0.1, 0.15) is 7.05 Å². The predicted octanol–water partition coefficient (Wildman–Crippen LogP) is 3.45. The molecule has 3 aromatic rings. The van der Waals surface area contributed by atoms with Crippen LogP contribution in [0.3, 0.4) is 0 Å². The summed E-state index contributed by atoms with van der Waals surface area (Å²) in [6.45, 7) is 2.16. The van der Waals surface area contributed by atoms with Gasteiger partial charge in [0.2, 0.25) is 5.69 Å². The second-order valence-electron chi connectivity index (χ2n) is 5.73. The first kappa shape index (κ1) is 12.3. The maximum absolute atomic E-state index is 4.29. The highest BCUT2D eigenvalue weighted by Crippen LogP contribution is 2.37. The number of rotatable bonds is 1. The lowest BCUT2D eigenvalue weighted by Crippen LogP contribution is -2.31. The maximum Gasteiger partial charge on any atom is 0.213 e. The Labute approximate surface area is 124 Å². The molecule has 2 aromatic heterocycles. The molecule has 1 aromatic carbocycles. The molecular formula is C19H17N2+. The van der Waals surface area contributed by atoms with Crippen LogP contribution in [0.15, 0.2) is 55.0 Å². The van der Waals surface area contributed by atoms with Crippen LogP contribution in [0.5, 0.6) is 0 Å². The molecular weight excluding hydrogens is 256 g/mol. The van der Waals surface area contributed by atoms with Crippen LogP contribution in [0.1, 0.15) is 16.7 Å². The summed E-state index contributed by atoms with van der Waals surface area (Å²) in [6.07, 6.45) is 7.14. The Morgan fingerprint density at radius 3 is 2.71 bits per heavy atom. The highest BCUT2D eigenvalue weighted by molar-refractivity contribution is 5.78. The van der Waals surface area contributed by atoms with Crippen molar-refractivity contribution in [3.05, 3.63) is 71.7 Å². The van der Waals surface area contributed by atoms with E-state index in [0.717, 1.165) is 6.42 Å². The molecule has 4 rings (SSSR count). The van der Waals surface area contributed by atoms with Gasteiger partial charge in [0, 0.05) is 41.6 Å². The monoisotopic (exact) mass is 273 g/mol. The minimum Gasteiger partial charge on any atom is -0.264 e. The summed E-state index contributed by atoms with van der Waals surface area (Å²) in [5.74, 6) is 0. The van der Waals surface area contributed by atoms with Crippen LogP contribution < -0.4 is 4.57 Å². The Bertz CT molecular complexity index is 850. The van der Waals surface area contributed by atoms with Gasteiger partial charge < -0.3 is 0 Å². The van der Waals surface area contributed by atoms with Crippen LogP contribution in [0.2, 0.25) is 0 Å². The zero-order chi connectivity index (χ0) is 14.4. The molecule has 0 spiro atoms. The van der Waals surface area contributed by atoms with Crippen LogP contribution in [-0.4, -0.2) is 4.98 Å². The van der Waals surface area contributed by atoms with Gasteiger partial charge in [-0.2, -0.15) is 0 Å². The van der Waals surface area contributed by atoms with Crippen LogP contribution in [0.4, 0.5) is 0 Å². The number of aryl methyl sites for hydroxylation is 2. The van der Waals surface area contributed by atoms with Crippen molar-refractivity contribution in [2.24, 2.45) is 7.05 Å². The van der Waals surface area contributed by atoms with Gasteiger partial charge in [0.05, 0.1) is 0 Å². The van der Waals surface area contributed by atoms with Gasteiger partial charge in [-0.3, -0.25) is 4.98 Å². The molecule has 2 heteroatoms. The van der Waals surface area contributed by atoms with Gasteiger partial charge in [-0.15, -0.1) is 0 Å². The van der Waals surface area contributed by atoms with E-state index in [1.54, 1.807) is 0 Å². The number of benzene rings is 1. The van der Waals surface area contributed by atoms with E-state index in [4.69, 9.17) is 0 Å². The van der Waals surface area contributed by atoms with E-state index >= 15 is 0 Å². The van der Waals surface area contributed by atoms with Crippen molar-refractivity contribution in [1.82, 2.24) is 4.98 Å². The van der Waals surface area contributed by atoms with E-state index in [0.29, 0.717) is 0 Å². The molecule has 0 saturated carbocycles. The smallest absolute Gasteiger partial charge is 0.213 e. The minimum absolute atomic E-state index is 1.01. The zero-order valence-electron chi connectivity index (χ0n) is 12.3. The average Bonchev–Trinajstić information content (AvgIpc) is 2.84. The van der Waals surface area contributed by atoms with Crippen LogP contribution in [-0.2, 0) is 13.5 Å². The largest absolute Gasteiger partial charge is 0.264 e. The topological polar surface area (TPSA) is 16.8 Å². The second kappa shape index (κ2) is 4.52. The normalized spacial score (nSPS) is 12.1. The number of aromatic nitrogens is 2. The van der Waals surface area contributed by atoms with Gasteiger partial charge in [-0.05, 0) is 35.7 Å². The minimum atomic E-state index is 1.01. The summed E-state index contributed by atoms with van der Waals surface area (Å²) in [6, 6.07) is 13.0. The Kier molecular flexibility index (Phi) is 2.64. The number of hydrogen-bond donors (Lipinski definition) is 0. The van der Waals surface area contributed by atoms with Gasteiger partial charge in [0.25, 0.3) is 0 Å². The maximum atomic E-state index is 4.29. The number of pyridine rings is 2. The van der Waals surface area contributed by atoms with Gasteiger partial charge in [-0.1, -0.05) is 18.2 Å². The van der Waals surface area contributed by atoms with E-state index in [1.807, 2.05) is 12.4 Å². The summed E-state index contributed by atoms with van der Waals surface area (Å²) in [4.78, 5) is 4.29. The van der Waals surface area contributed by atoms with E-state index < -0.39 is 0 Å². The SMILES string of the molecule is Cc1ccccc1-c1cc2c(c[n+]1C)Cc1ccncc1-2. The molecule has 102 valence electrons.